The molecular formula is C13H18N2O3. The Kier molecular flexibility index (Phi) is 5.70. The van der Waals surface area contributed by atoms with E-state index in [0.29, 0.717) is 6.42 Å². The summed E-state index contributed by atoms with van der Waals surface area (Å²) in [4.78, 5) is 21.9. The van der Waals surface area contributed by atoms with Gasteiger partial charge in [0.1, 0.15) is 0 Å². The fourth-order valence-corrected chi connectivity index (χ4v) is 1.48. The van der Waals surface area contributed by atoms with E-state index in [4.69, 9.17) is 5.11 Å². The molecule has 0 radical (unpaired) electrons. The molecule has 0 bridgehead atoms. The topological polar surface area (TPSA) is 78.4 Å². The van der Waals surface area contributed by atoms with Crippen LogP contribution in [0, 0.1) is 0 Å². The summed E-state index contributed by atoms with van der Waals surface area (Å²) in [6.07, 6.45) is 0.500. The van der Waals surface area contributed by atoms with Gasteiger partial charge in [-0.2, -0.15) is 0 Å². The van der Waals surface area contributed by atoms with Crippen LogP contribution in [0.2, 0.25) is 0 Å². The van der Waals surface area contributed by atoms with Crippen molar-refractivity contribution in [3.05, 3.63) is 30.3 Å². The van der Waals surface area contributed by atoms with E-state index in [1.807, 2.05) is 30.3 Å². The largest absolute Gasteiger partial charge is 0.481 e. The van der Waals surface area contributed by atoms with Crippen LogP contribution in [0.25, 0.3) is 0 Å². The van der Waals surface area contributed by atoms with Crippen LogP contribution < -0.4 is 10.6 Å². The zero-order chi connectivity index (χ0) is 13.4. The van der Waals surface area contributed by atoms with Gasteiger partial charge in [0.05, 0.1) is 6.54 Å². The van der Waals surface area contributed by atoms with Gasteiger partial charge in [-0.3, -0.25) is 9.59 Å². The molecule has 0 aromatic heterocycles. The van der Waals surface area contributed by atoms with Crippen molar-refractivity contribution in [2.24, 2.45) is 0 Å². The van der Waals surface area contributed by atoms with Crippen molar-refractivity contribution in [3.63, 3.8) is 0 Å². The third kappa shape index (κ3) is 5.89. The number of rotatable bonds is 7. The Morgan fingerprint density at radius 3 is 2.56 bits per heavy atom. The number of carbonyl (C=O) groups is 2. The van der Waals surface area contributed by atoms with Crippen LogP contribution in [-0.2, 0) is 9.59 Å². The maximum atomic E-state index is 11.6. The first-order valence-corrected chi connectivity index (χ1v) is 5.88. The first kappa shape index (κ1) is 14.0. The minimum atomic E-state index is -0.849. The Morgan fingerprint density at radius 2 is 1.94 bits per heavy atom. The second-order valence-electron chi connectivity index (χ2n) is 4.12. The molecule has 0 spiro atoms. The number of nitrogens with one attached hydrogen (secondary N) is 2. The maximum Gasteiger partial charge on any atom is 0.303 e. The second-order valence-corrected chi connectivity index (χ2v) is 4.12. The van der Waals surface area contributed by atoms with E-state index in [1.54, 1.807) is 6.92 Å². The number of aliphatic carboxylic acids is 1. The molecule has 1 rings (SSSR count). The maximum absolute atomic E-state index is 11.6. The van der Waals surface area contributed by atoms with Gasteiger partial charge in [0.25, 0.3) is 0 Å². The molecule has 98 valence electrons. The second kappa shape index (κ2) is 7.32. The van der Waals surface area contributed by atoms with Gasteiger partial charge >= 0.3 is 5.97 Å². The fourth-order valence-electron chi connectivity index (χ4n) is 1.48. The third-order valence-electron chi connectivity index (χ3n) is 2.43. The molecule has 0 aliphatic heterocycles. The van der Waals surface area contributed by atoms with E-state index in [2.05, 4.69) is 10.6 Å². The van der Waals surface area contributed by atoms with Gasteiger partial charge in [0.15, 0.2) is 0 Å². The summed E-state index contributed by atoms with van der Waals surface area (Å²) in [6.45, 7) is 1.98. The molecule has 18 heavy (non-hydrogen) atoms. The number of carboxylic acid groups (broad SMARTS) is 1. The lowest BCUT2D eigenvalue weighted by molar-refractivity contribution is -0.137. The Balaban J connectivity index is 2.23. The first-order chi connectivity index (χ1) is 8.58. The van der Waals surface area contributed by atoms with Crippen molar-refractivity contribution < 1.29 is 14.7 Å². The average molecular weight is 250 g/mol. The minimum Gasteiger partial charge on any atom is -0.481 e. The summed E-state index contributed by atoms with van der Waals surface area (Å²) < 4.78 is 0. The Hall–Kier alpha value is -2.04. The van der Waals surface area contributed by atoms with Gasteiger partial charge in [-0.1, -0.05) is 18.2 Å². The van der Waals surface area contributed by atoms with Crippen molar-refractivity contribution in [2.75, 3.05) is 11.9 Å². The van der Waals surface area contributed by atoms with E-state index in [0.717, 1.165) is 5.69 Å². The summed E-state index contributed by atoms with van der Waals surface area (Å²) in [5.41, 5.74) is 0.880. The molecule has 0 saturated heterocycles. The highest BCUT2D eigenvalue weighted by Crippen LogP contribution is 2.03. The van der Waals surface area contributed by atoms with Crippen LogP contribution in [0.5, 0.6) is 0 Å². The molecule has 1 aromatic carbocycles. The summed E-state index contributed by atoms with van der Waals surface area (Å²) in [5.74, 6) is -0.991. The van der Waals surface area contributed by atoms with Crippen LogP contribution in [0.1, 0.15) is 19.8 Å². The number of anilines is 1. The molecule has 0 aliphatic carbocycles. The summed E-state index contributed by atoms with van der Waals surface area (Å²) >= 11 is 0. The standard InChI is InChI=1S/C13H18N2O3/c1-10(7-8-13(17)18)15-12(16)9-14-11-5-3-2-4-6-11/h2-6,10,14H,7-9H2,1H3,(H,15,16)(H,17,18). The van der Waals surface area contributed by atoms with Crippen LogP contribution >= 0.6 is 0 Å². The molecule has 0 aliphatic rings. The quantitative estimate of drug-likeness (QED) is 0.684. The highest BCUT2D eigenvalue weighted by Gasteiger charge is 2.08. The number of carboxylic acids is 1. The molecule has 3 N–H and O–H groups in total. The van der Waals surface area contributed by atoms with Crippen molar-refractivity contribution in [1.29, 1.82) is 0 Å². The molecular weight excluding hydrogens is 232 g/mol. The molecule has 0 heterocycles. The van der Waals surface area contributed by atoms with Crippen LogP contribution in [0.15, 0.2) is 30.3 Å². The molecule has 1 atom stereocenters. The number of carbonyl (C=O) groups excluding carboxylic acids is 1. The van der Waals surface area contributed by atoms with Gasteiger partial charge in [0, 0.05) is 18.2 Å². The Bertz CT molecular complexity index is 392. The van der Waals surface area contributed by atoms with Crippen LogP contribution in [0.4, 0.5) is 5.69 Å². The number of para-hydroxylation sites is 1. The van der Waals surface area contributed by atoms with Crippen molar-refractivity contribution >= 4 is 17.6 Å². The van der Waals surface area contributed by atoms with Gasteiger partial charge in [-0.15, -0.1) is 0 Å². The van der Waals surface area contributed by atoms with Crippen LogP contribution in [-0.4, -0.2) is 29.6 Å². The van der Waals surface area contributed by atoms with Gasteiger partial charge < -0.3 is 15.7 Å². The van der Waals surface area contributed by atoms with E-state index >= 15 is 0 Å². The molecule has 0 saturated carbocycles. The Labute approximate surface area is 106 Å². The summed E-state index contributed by atoms with van der Waals surface area (Å²) in [6, 6.07) is 9.29. The predicted octanol–water partition coefficient (Wildman–Crippen LogP) is 1.47. The highest BCUT2D eigenvalue weighted by molar-refractivity contribution is 5.81. The Morgan fingerprint density at radius 1 is 1.28 bits per heavy atom. The van der Waals surface area contributed by atoms with E-state index in [-0.39, 0.29) is 24.9 Å². The molecule has 0 fully saturated rings. The van der Waals surface area contributed by atoms with Crippen molar-refractivity contribution in [2.45, 2.75) is 25.8 Å². The summed E-state index contributed by atoms with van der Waals surface area (Å²) in [5, 5.41) is 14.3. The molecule has 5 nitrogen and oxygen atoms in total. The zero-order valence-electron chi connectivity index (χ0n) is 10.3. The first-order valence-electron chi connectivity index (χ1n) is 5.88. The fraction of sp³-hybridized carbons (Fsp3) is 0.385. The smallest absolute Gasteiger partial charge is 0.303 e. The van der Waals surface area contributed by atoms with Crippen LogP contribution in [0.3, 0.4) is 0 Å². The lowest BCUT2D eigenvalue weighted by Gasteiger charge is -2.13. The van der Waals surface area contributed by atoms with E-state index < -0.39 is 5.97 Å². The lowest BCUT2D eigenvalue weighted by Crippen LogP contribution is -2.36. The van der Waals surface area contributed by atoms with Gasteiger partial charge in [-0.25, -0.2) is 0 Å². The molecule has 1 unspecified atom stereocenters. The number of amides is 1. The normalized spacial score (nSPS) is 11.6. The molecule has 5 heteroatoms. The molecule has 1 amide bonds. The zero-order valence-corrected chi connectivity index (χ0v) is 10.3. The van der Waals surface area contributed by atoms with Gasteiger partial charge in [0.2, 0.25) is 5.91 Å². The van der Waals surface area contributed by atoms with Gasteiger partial charge in [-0.05, 0) is 25.5 Å². The highest BCUT2D eigenvalue weighted by atomic mass is 16.4. The monoisotopic (exact) mass is 250 g/mol. The SMILES string of the molecule is CC(CCC(=O)O)NC(=O)CNc1ccccc1. The number of hydrogen-bond acceptors (Lipinski definition) is 3. The lowest BCUT2D eigenvalue weighted by atomic mass is 10.2. The predicted molar refractivity (Wildman–Crippen MR) is 69.4 cm³/mol. The number of benzene rings is 1. The molecule has 1 aromatic rings. The van der Waals surface area contributed by atoms with E-state index in [1.165, 1.54) is 0 Å². The average Bonchev–Trinajstić information content (AvgIpc) is 2.35. The van der Waals surface area contributed by atoms with Crippen molar-refractivity contribution in [1.82, 2.24) is 5.32 Å². The summed E-state index contributed by atoms with van der Waals surface area (Å²) in [7, 11) is 0. The number of hydrogen-bond donors (Lipinski definition) is 3. The minimum absolute atomic E-state index is 0.0631. The third-order valence-corrected chi connectivity index (χ3v) is 2.43. The van der Waals surface area contributed by atoms with Crippen molar-refractivity contribution in [3.8, 4) is 0 Å². The van der Waals surface area contributed by atoms with E-state index in [9.17, 15) is 9.59 Å².